The molecule has 4 nitrogen and oxygen atoms in total. The van der Waals surface area contributed by atoms with Gasteiger partial charge in [-0.15, -0.1) is 0 Å². The van der Waals surface area contributed by atoms with Gasteiger partial charge in [0.05, 0.1) is 5.75 Å². The van der Waals surface area contributed by atoms with E-state index in [4.69, 9.17) is 0 Å². The van der Waals surface area contributed by atoms with Gasteiger partial charge in [0.1, 0.15) is 0 Å². The minimum atomic E-state index is -3.28. The van der Waals surface area contributed by atoms with E-state index < -0.39 is 10.0 Å². The van der Waals surface area contributed by atoms with E-state index in [0.717, 1.165) is 30.1 Å². The summed E-state index contributed by atoms with van der Waals surface area (Å²) in [6, 6.07) is 7.89. The van der Waals surface area contributed by atoms with Gasteiger partial charge in [-0.1, -0.05) is 31.2 Å². The number of nitrogens with one attached hydrogen (secondary N) is 1. The van der Waals surface area contributed by atoms with Crippen LogP contribution in [0, 0.1) is 12.8 Å². The second-order valence-electron chi connectivity index (χ2n) is 6.60. The van der Waals surface area contributed by atoms with E-state index in [-0.39, 0.29) is 11.8 Å². The smallest absolute Gasteiger partial charge is 0.215 e. The zero-order valence-corrected chi connectivity index (χ0v) is 14.7. The van der Waals surface area contributed by atoms with E-state index in [2.05, 4.69) is 23.5 Å². The molecule has 1 aliphatic heterocycles. The largest absolute Gasteiger partial charge is 0.299 e. The van der Waals surface area contributed by atoms with E-state index in [1.54, 1.807) is 0 Å². The Hall–Kier alpha value is -0.910. The SMILES string of the molecule is Cc1ccccc1CS(=O)(=O)NCC(C)N1CCC(C)CC1. The molecular formula is C17H28N2O2S. The van der Waals surface area contributed by atoms with E-state index in [0.29, 0.717) is 6.54 Å². The fourth-order valence-corrected chi connectivity index (χ4v) is 4.20. The van der Waals surface area contributed by atoms with Crippen LogP contribution in [0.15, 0.2) is 24.3 Å². The molecule has 1 N–H and O–H groups in total. The summed E-state index contributed by atoms with van der Waals surface area (Å²) in [4.78, 5) is 2.39. The molecular weight excluding hydrogens is 296 g/mol. The average molecular weight is 324 g/mol. The molecule has 0 aliphatic carbocycles. The first-order chi connectivity index (χ1) is 10.4. The highest BCUT2D eigenvalue weighted by atomic mass is 32.2. The van der Waals surface area contributed by atoms with Crippen LogP contribution in [0.3, 0.4) is 0 Å². The predicted octanol–water partition coefficient (Wildman–Crippen LogP) is 2.53. The Morgan fingerprint density at radius 2 is 1.91 bits per heavy atom. The minimum Gasteiger partial charge on any atom is -0.299 e. The van der Waals surface area contributed by atoms with E-state index in [1.807, 2.05) is 31.2 Å². The van der Waals surface area contributed by atoms with Crippen molar-refractivity contribution in [3.63, 3.8) is 0 Å². The third-order valence-electron chi connectivity index (χ3n) is 4.65. The fourth-order valence-electron chi connectivity index (χ4n) is 2.87. The van der Waals surface area contributed by atoms with Gasteiger partial charge >= 0.3 is 0 Å². The van der Waals surface area contributed by atoms with Crippen molar-refractivity contribution in [1.82, 2.24) is 9.62 Å². The molecule has 1 unspecified atom stereocenters. The van der Waals surface area contributed by atoms with Gasteiger partial charge in [0, 0.05) is 12.6 Å². The standard InChI is InChI=1S/C17H28N2O2S/c1-14-8-10-19(11-9-14)16(3)12-18-22(20,21)13-17-7-5-4-6-15(17)2/h4-7,14,16,18H,8-13H2,1-3H3. The third kappa shape index (κ3) is 5.07. The summed E-state index contributed by atoms with van der Waals surface area (Å²) in [5.41, 5.74) is 1.89. The molecule has 2 rings (SSSR count). The van der Waals surface area contributed by atoms with Crippen LogP contribution in [0.5, 0.6) is 0 Å². The van der Waals surface area contributed by atoms with Crippen molar-refractivity contribution < 1.29 is 8.42 Å². The highest BCUT2D eigenvalue weighted by Crippen LogP contribution is 2.18. The van der Waals surface area contributed by atoms with E-state index >= 15 is 0 Å². The molecule has 0 aromatic heterocycles. The van der Waals surface area contributed by atoms with Crippen LogP contribution in [0.4, 0.5) is 0 Å². The number of hydrogen-bond acceptors (Lipinski definition) is 3. The third-order valence-corrected chi connectivity index (χ3v) is 5.94. The summed E-state index contributed by atoms with van der Waals surface area (Å²) < 4.78 is 27.3. The van der Waals surface area contributed by atoms with Gasteiger partial charge in [-0.3, -0.25) is 4.90 Å². The fraction of sp³-hybridized carbons (Fsp3) is 0.647. The van der Waals surface area contributed by atoms with Crippen LogP contribution < -0.4 is 4.72 Å². The number of piperidine rings is 1. The summed E-state index contributed by atoms with van der Waals surface area (Å²) in [6.45, 7) is 8.97. The molecule has 1 aromatic carbocycles. The van der Waals surface area contributed by atoms with Crippen LogP contribution >= 0.6 is 0 Å². The Morgan fingerprint density at radius 1 is 1.27 bits per heavy atom. The van der Waals surface area contributed by atoms with Crippen molar-refractivity contribution >= 4 is 10.0 Å². The highest BCUT2D eigenvalue weighted by molar-refractivity contribution is 7.88. The highest BCUT2D eigenvalue weighted by Gasteiger charge is 2.22. The number of likely N-dealkylation sites (tertiary alicyclic amines) is 1. The number of nitrogens with zero attached hydrogens (tertiary/aromatic N) is 1. The van der Waals surface area contributed by atoms with Crippen molar-refractivity contribution in [3.05, 3.63) is 35.4 Å². The zero-order chi connectivity index (χ0) is 16.2. The first-order valence-electron chi connectivity index (χ1n) is 8.13. The van der Waals surface area contributed by atoms with Gasteiger partial charge in [-0.2, -0.15) is 0 Å². The molecule has 5 heteroatoms. The summed E-state index contributed by atoms with van der Waals surface area (Å²) >= 11 is 0. The second-order valence-corrected chi connectivity index (χ2v) is 8.41. The van der Waals surface area contributed by atoms with Gasteiger partial charge in [0.15, 0.2) is 0 Å². The lowest BCUT2D eigenvalue weighted by Gasteiger charge is -2.34. The summed E-state index contributed by atoms with van der Waals surface area (Å²) in [5, 5.41) is 0. The quantitative estimate of drug-likeness (QED) is 0.875. The zero-order valence-electron chi connectivity index (χ0n) is 13.9. The molecule has 1 heterocycles. The van der Waals surface area contributed by atoms with Crippen LogP contribution in [0.1, 0.15) is 37.8 Å². The number of rotatable bonds is 6. The Bertz CT molecular complexity index is 578. The van der Waals surface area contributed by atoms with Crippen LogP contribution in [-0.4, -0.2) is 39.0 Å². The van der Waals surface area contributed by atoms with Gasteiger partial charge < -0.3 is 0 Å². The number of benzene rings is 1. The monoisotopic (exact) mass is 324 g/mol. The maximum Gasteiger partial charge on any atom is 0.215 e. The molecule has 1 atom stereocenters. The Labute approximate surface area is 135 Å². The molecule has 22 heavy (non-hydrogen) atoms. The molecule has 1 saturated heterocycles. The number of sulfonamides is 1. The van der Waals surface area contributed by atoms with Gasteiger partial charge in [-0.05, 0) is 56.8 Å². The maximum absolute atomic E-state index is 12.3. The Kier molecular flexibility index (Phi) is 6.01. The lowest BCUT2D eigenvalue weighted by Crippen LogP contribution is -2.45. The normalized spacial score (nSPS) is 19.2. The van der Waals surface area contributed by atoms with Gasteiger partial charge in [0.2, 0.25) is 10.0 Å². The molecule has 124 valence electrons. The summed E-state index contributed by atoms with van der Waals surface area (Å²) in [7, 11) is -3.28. The van der Waals surface area contributed by atoms with E-state index in [1.165, 1.54) is 12.8 Å². The topological polar surface area (TPSA) is 49.4 Å². The molecule has 0 spiro atoms. The summed E-state index contributed by atoms with van der Waals surface area (Å²) in [5.74, 6) is 0.852. The molecule has 0 saturated carbocycles. The van der Waals surface area contributed by atoms with Crippen molar-refractivity contribution in [2.75, 3.05) is 19.6 Å². The molecule has 1 aromatic rings. The van der Waals surface area contributed by atoms with Crippen molar-refractivity contribution in [3.8, 4) is 0 Å². The molecule has 0 radical (unpaired) electrons. The Morgan fingerprint density at radius 3 is 2.55 bits per heavy atom. The summed E-state index contributed by atoms with van der Waals surface area (Å²) in [6.07, 6.45) is 2.42. The molecule has 0 amide bonds. The molecule has 0 bridgehead atoms. The lowest BCUT2D eigenvalue weighted by atomic mass is 9.98. The number of hydrogen-bond donors (Lipinski definition) is 1. The van der Waals surface area contributed by atoms with E-state index in [9.17, 15) is 8.42 Å². The van der Waals surface area contributed by atoms with Crippen LogP contribution in [0.25, 0.3) is 0 Å². The minimum absolute atomic E-state index is 0.0590. The van der Waals surface area contributed by atoms with Gasteiger partial charge in [-0.25, -0.2) is 13.1 Å². The molecule has 1 aliphatic rings. The van der Waals surface area contributed by atoms with Crippen LogP contribution in [0.2, 0.25) is 0 Å². The molecule has 1 fully saturated rings. The van der Waals surface area contributed by atoms with Crippen LogP contribution in [-0.2, 0) is 15.8 Å². The first kappa shape index (κ1) is 17.4. The Balaban J connectivity index is 1.86. The average Bonchev–Trinajstić information content (AvgIpc) is 2.48. The first-order valence-corrected chi connectivity index (χ1v) is 9.78. The van der Waals surface area contributed by atoms with Crippen molar-refractivity contribution in [2.45, 2.75) is 45.4 Å². The second kappa shape index (κ2) is 7.57. The van der Waals surface area contributed by atoms with Gasteiger partial charge in [0.25, 0.3) is 0 Å². The van der Waals surface area contributed by atoms with Crippen molar-refractivity contribution in [1.29, 1.82) is 0 Å². The maximum atomic E-state index is 12.3. The van der Waals surface area contributed by atoms with Crippen molar-refractivity contribution in [2.24, 2.45) is 5.92 Å². The lowest BCUT2D eigenvalue weighted by molar-refractivity contribution is 0.148. The predicted molar refractivity (Wildman–Crippen MR) is 91.2 cm³/mol. The number of aryl methyl sites for hydroxylation is 1.